The van der Waals surface area contributed by atoms with Gasteiger partial charge in [-0.2, -0.15) is 0 Å². The van der Waals surface area contributed by atoms with Gasteiger partial charge in [-0.05, 0) is 51.2 Å². The molecular formula is C16H34Cl2N4. The molecule has 4 nitrogen and oxygen atoms in total. The number of guanidine groups is 1. The van der Waals surface area contributed by atoms with Crippen molar-refractivity contribution in [3.63, 3.8) is 0 Å². The molecule has 2 fully saturated rings. The van der Waals surface area contributed by atoms with Crippen molar-refractivity contribution in [3.8, 4) is 0 Å². The van der Waals surface area contributed by atoms with Crippen LogP contribution in [0.15, 0.2) is 0 Å². The number of halogens is 2. The zero-order valence-corrected chi connectivity index (χ0v) is 15.4. The molecule has 1 aliphatic heterocycles. The molecule has 0 amide bonds. The Balaban J connectivity index is 0.00000220. The lowest BCUT2D eigenvalue weighted by atomic mass is 9.87. The van der Waals surface area contributed by atoms with E-state index in [2.05, 4.69) is 15.5 Å². The topological polar surface area (TPSA) is 51.2 Å². The van der Waals surface area contributed by atoms with Crippen molar-refractivity contribution >= 4 is 30.8 Å². The number of hydrogen-bond acceptors (Lipinski definition) is 2. The minimum atomic E-state index is 0. The molecule has 6 heteroatoms. The van der Waals surface area contributed by atoms with Crippen molar-refractivity contribution in [2.45, 2.75) is 57.8 Å². The van der Waals surface area contributed by atoms with E-state index < -0.39 is 0 Å². The molecule has 0 aromatic carbocycles. The molecule has 0 bridgehead atoms. The summed E-state index contributed by atoms with van der Waals surface area (Å²) < 4.78 is 0. The lowest BCUT2D eigenvalue weighted by molar-refractivity contribution is 0.333. The first kappa shape index (κ1) is 21.8. The Labute approximate surface area is 148 Å². The van der Waals surface area contributed by atoms with Crippen molar-refractivity contribution in [1.82, 2.24) is 15.5 Å². The number of nitrogens with zero attached hydrogens (tertiary/aromatic N) is 1. The van der Waals surface area contributed by atoms with E-state index in [4.69, 9.17) is 5.41 Å². The largest absolute Gasteiger partial charge is 0.357 e. The van der Waals surface area contributed by atoms with Crippen LogP contribution in [0.2, 0.25) is 0 Å². The van der Waals surface area contributed by atoms with E-state index in [0.29, 0.717) is 5.96 Å². The highest BCUT2D eigenvalue weighted by atomic mass is 35.5. The second kappa shape index (κ2) is 13.3. The molecule has 0 unspecified atom stereocenters. The number of likely N-dealkylation sites (tertiary alicyclic amines) is 1. The normalized spacial score (nSPS) is 19.1. The number of hydrogen-bond donors (Lipinski definition) is 3. The predicted octanol–water partition coefficient (Wildman–Crippen LogP) is 3.40. The maximum atomic E-state index is 7.86. The van der Waals surface area contributed by atoms with Crippen LogP contribution in [-0.4, -0.2) is 43.6 Å². The van der Waals surface area contributed by atoms with Crippen LogP contribution in [0.25, 0.3) is 0 Å². The molecule has 0 radical (unpaired) electrons. The smallest absolute Gasteiger partial charge is 0.188 e. The van der Waals surface area contributed by atoms with Crippen molar-refractivity contribution in [1.29, 1.82) is 5.41 Å². The van der Waals surface area contributed by atoms with Gasteiger partial charge in [-0.25, -0.2) is 0 Å². The molecule has 0 aromatic rings. The fraction of sp³-hybridized carbons (Fsp3) is 0.938. The van der Waals surface area contributed by atoms with Crippen LogP contribution < -0.4 is 10.6 Å². The summed E-state index contributed by atoms with van der Waals surface area (Å²) in [5, 5.41) is 14.3. The molecule has 132 valence electrons. The van der Waals surface area contributed by atoms with Crippen molar-refractivity contribution in [2.75, 3.05) is 32.7 Å². The second-order valence-electron chi connectivity index (χ2n) is 6.42. The third kappa shape index (κ3) is 9.06. The van der Waals surface area contributed by atoms with Crippen LogP contribution in [0.1, 0.15) is 57.8 Å². The Morgan fingerprint density at radius 3 is 2.23 bits per heavy atom. The van der Waals surface area contributed by atoms with Gasteiger partial charge in [-0.1, -0.05) is 32.1 Å². The number of nitrogens with one attached hydrogen (secondary N) is 3. The molecule has 3 N–H and O–H groups in total. The molecule has 1 saturated carbocycles. The average molecular weight is 353 g/mol. The van der Waals surface area contributed by atoms with Gasteiger partial charge in [0.15, 0.2) is 5.96 Å². The molecule has 2 aliphatic rings. The molecule has 1 saturated heterocycles. The highest BCUT2D eigenvalue weighted by molar-refractivity contribution is 5.85. The van der Waals surface area contributed by atoms with Gasteiger partial charge in [0.1, 0.15) is 0 Å². The quantitative estimate of drug-likeness (QED) is 0.374. The fourth-order valence-corrected chi connectivity index (χ4v) is 3.46. The highest BCUT2D eigenvalue weighted by Crippen LogP contribution is 2.25. The summed E-state index contributed by atoms with van der Waals surface area (Å²) >= 11 is 0. The summed E-state index contributed by atoms with van der Waals surface area (Å²) in [5.74, 6) is 1.42. The Kier molecular flexibility index (Phi) is 13.2. The van der Waals surface area contributed by atoms with Crippen LogP contribution in [0.4, 0.5) is 0 Å². The van der Waals surface area contributed by atoms with Gasteiger partial charge in [0.05, 0.1) is 0 Å². The molecule has 1 heterocycles. The average Bonchev–Trinajstić information content (AvgIpc) is 2.98. The standard InChI is InChI=1S/C16H32N4.2ClH/c17-16(18-10-6-14-20-12-4-5-13-20)19-11-9-15-7-2-1-3-8-15;;/h15H,1-14H2,(H3,17,18,19);2*1H. The van der Waals surface area contributed by atoms with Gasteiger partial charge >= 0.3 is 0 Å². The van der Waals surface area contributed by atoms with Crippen LogP contribution in [-0.2, 0) is 0 Å². The van der Waals surface area contributed by atoms with Crippen molar-refractivity contribution in [2.24, 2.45) is 5.92 Å². The van der Waals surface area contributed by atoms with Crippen LogP contribution in [0.5, 0.6) is 0 Å². The second-order valence-corrected chi connectivity index (χ2v) is 6.42. The van der Waals surface area contributed by atoms with Gasteiger partial charge in [-0.15, -0.1) is 24.8 Å². The Hall–Kier alpha value is -0.190. The van der Waals surface area contributed by atoms with E-state index in [1.165, 1.54) is 71.0 Å². The highest BCUT2D eigenvalue weighted by Gasteiger charge is 2.13. The zero-order valence-electron chi connectivity index (χ0n) is 13.7. The summed E-state index contributed by atoms with van der Waals surface area (Å²) in [6, 6.07) is 0. The van der Waals surface area contributed by atoms with E-state index in [1.54, 1.807) is 0 Å². The Morgan fingerprint density at radius 2 is 1.55 bits per heavy atom. The monoisotopic (exact) mass is 352 g/mol. The first-order valence-corrected chi connectivity index (χ1v) is 8.63. The molecule has 2 rings (SSSR count). The minimum absolute atomic E-state index is 0. The summed E-state index contributed by atoms with van der Waals surface area (Å²) in [7, 11) is 0. The first-order chi connectivity index (χ1) is 9.84. The SMILES string of the molecule is Cl.Cl.N=C(NCCCN1CCCC1)NCCC1CCCCC1. The van der Waals surface area contributed by atoms with Crippen LogP contribution >= 0.6 is 24.8 Å². The van der Waals surface area contributed by atoms with E-state index in [-0.39, 0.29) is 24.8 Å². The van der Waals surface area contributed by atoms with Crippen LogP contribution in [0, 0.1) is 11.3 Å². The summed E-state index contributed by atoms with van der Waals surface area (Å²) in [4.78, 5) is 2.53. The summed E-state index contributed by atoms with van der Waals surface area (Å²) in [6.45, 7) is 5.62. The van der Waals surface area contributed by atoms with Gasteiger partial charge in [0, 0.05) is 13.1 Å². The third-order valence-corrected chi connectivity index (χ3v) is 4.73. The van der Waals surface area contributed by atoms with Crippen molar-refractivity contribution in [3.05, 3.63) is 0 Å². The van der Waals surface area contributed by atoms with Gasteiger partial charge in [0.2, 0.25) is 0 Å². The molecule has 0 atom stereocenters. The van der Waals surface area contributed by atoms with E-state index in [0.717, 1.165) is 25.4 Å². The minimum Gasteiger partial charge on any atom is -0.357 e. The predicted molar refractivity (Wildman–Crippen MR) is 99.7 cm³/mol. The summed E-state index contributed by atoms with van der Waals surface area (Å²) in [5.41, 5.74) is 0. The van der Waals surface area contributed by atoms with E-state index >= 15 is 0 Å². The maximum absolute atomic E-state index is 7.86. The Morgan fingerprint density at radius 1 is 0.909 bits per heavy atom. The summed E-state index contributed by atoms with van der Waals surface area (Å²) in [6.07, 6.45) is 12.2. The molecule has 0 aromatic heterocycles. The lowest BCUT2D eigenvalue weighted by Gasteiger charge is -2.22. The zero-order chi connectivity index (χ0) is 14.0. The molecule has 0 spiro atoms. The third-order valence-electron chi connectivity index (χ3n) is 4.73. The first-order valence-electron chi connectivity index (χ1n) is 8.63. The Bertz CT molecular complexity index is 277. The maximum Gasteiger partial charge on any atom is 0.188 e. The van der Waals surface area contributed by atoms with Crippen molar-refractivity contribution < 1.29 is 0 Å². The van der Waals surface area contributed by atoms with Gasteiger partial charge < -0.3 is 15.5 Å². The van der Waals surface area contributed by atoms with Crippen LogP contribution in [0.3, 0.4) is 0 Å². The molecule has 22 heavy (non-hydrogen) atoms. The van der Waals surface area contributed by atoms with E-state index in [9.17, 15) is 0 Å². The fourth-order valence-electron chi connectivity index (χ4n) is 3.46. The number of rotatable bonds is 7. The molecule has 1 aliphatic carbocycles. The van der Waals surface area contributed by atoms with Gasteiger partial charge in [-0.3, -0.25) is 5.41 Å². The molecular weight excluding hydrogens is 319 g/mol. The van der Waals surface area contributed by atoms with Gasteiger partial charge in [0.25, 0.3) is 0 Å². The van der Waals surface area contributed by atoms with E-state index in [1.807, 2.05) is 0 Å². The lowest BCUT2D eigenvalue weighted by Crippen LogP contribution is -2.38.